The van der Waals surface area contributed by atoms with E-state index in [1.807, 2.05) is 41.8 Å². The van der Waals surface area contributed by atoms with Crippen LogP contribution in [0.5, 0.6) is 5.75 Å². The minimum absolute atomic E-state index is 0.218. The summed E-state index contributed by atoms with van der Waals surface area (Å²) < 4.78 is 5.80. The molecular weight excluding hydrogens is 427 g/mol. The quantitative estimate of drug-likeness (QED) is 0.323. The highest BCUT2D eigenvalue weighted by atomic mass is 35.5. The maximum atomic E-state index is 12.2. The Morgan fingerprint density at radius 1 is 1.21 bits per heavy atom. The number of nitrogens with one attached hydrogen (secondary N) is 1. The van der Waals surface area contributed by atoms with Gasteiger partial charge in [0.05, 0.1) is 11.8 Å². The van der Waals surface area contributed by atoms with Crippen LogP contribution in [0.15, 0.2) is 59.0 Å². The minimum atomic E-state index is -0.218. The number of ether oxygens (including phenoxy) is 1. The lowest BCUT2D eigenvalue weighted by Gasteiger charge is -2.08. The van der Waals surface area contributed by atoms with Crippen molar-refractivity contribution in [1.82, 2.24) is 5.43 Å². The molecule has 150 valence electrons. The molecule has 1 aromatic heterocycles. The van der Waals surface area contributed by atoms with Crippen LogP contribution in [0.1, 0.15) is 39.7 Å². The molecule has 0 saturated carbocycles. The van der Waals surface area contributed by atoms with E-state index in [4.69, 9.17) is 27.9 Å². The van der Waals surface area contributed by atoms with Gasteiger partial charge in [-0.15, -0.1) is 11.3 Å². The number of hydrogen-bond acceptors (Lipinski definition) is 4. The lowest BCUT2D eigenvalue weighted by Crippen LogP contribution is -2.16. The molecule has 0 unspecified atom stereocenters. The highest BCUT2D eigenvalue weighted by Gasteiger charge is 2.07. The van der Waals surface area contributed by atoms with Crippen molar-refractivity contribution >= 4 is 46.7 Å². The van der Waals surface area contributed by atoms with Crippen molar-refractivity contribution in [2.24, 2.45) is 5.10 Å². The summed E-state index contributed by atoms with van der Waals surface area (Å²) in [6, 6.07) is 14.6. The summed E-state index contributed by atoms with van der Waals surface area (Å²) in [5.74, 6) is 0.456. The number of thiophene rings is 1. The number of halogens is 2. The third kappa shape index (κ3) is 6.32. The molecule has 7 heteroatoms. The Morgan fingerprint density at radius 2 is 2.07 bits per heavy atom. The van der Waals surface area contributed by atoms with Crippen LogP contribution in [-0.4, -0.2) is 12.1 Å². The molecule has 0 saturated heterocycles. The maximum absolute atomic E-state index is 12.2. The normalized spacial score (nSPS) is 11.0. The number of nitrogens with zero attached hydrogens (tertiary/aromatic N) is 1. The van der Waals surface area contributed by atoms with Crippen molar-refractivity contribution in [3.05, 3.63) is 85.5 Å². The van der Waals surface area contributed by atoms with Gasteiger partial charge in [-0.25, -0.2) is 5.43 Å². The first-order valence-electron chi connectivity index (χ1n) is 9.12. The fraction of sp³-hybridized carbons (Fsp3) is 0.182. The number of aryl methyl sites for hydroxylation is 1. The maximum Gasteiger partial charge on any atom is 0.272 e. The van der Waals surface area contributed by atoms with Crippen molar-refractivity contribution in [2.45, 2.75) is 26.4 Å². The molecule has 1 N–H and O–H groups in total. The van der Waals surface area contributed by atoms with Gasteiger partial charge in [-0.1, -0.05) is 54.7 Å². The predicted octanol–water partition coefficient (Wildman–Crippen LogP) is 6.35. The number of amides is 1. The van der Waals surface area contributed by atoms with Crippen LogP contribution in [0.3, 0.4) is 0 Å². The Bertz CT molecular complexity index is 1020. The van der Waals surface area contributed by atoms with E-state index in [1.165, 1.54) is 4.88 Å². The molecule has 1 amide bonds. The molecule has 2 aromatic carbocycles. The van der Waals surface area contributed by atoms with Gasteiger partial charge < -0.3 is 4.74 Å². The highest BCUT2D eigenvalue weighted by molar-refractivity contribution is 7.10. The zero-order valence-electron chi connectivity index (χ0n) is 15.8. The second-order valence-electron chi connectivity index (χ2n) is 6.35. The van der Waals surface area contributed by atoms with Crippen LogP contribution in [-0.2, 0) is 13.0 Å². The molecule has 3 rings (SSSR count). The van der Waals surface area contributed by atoms with Gasteiger partial charge in [0.1, 0.15) is 12.4 Å². The molecule has 0 fully saturated rings. The third-order valence-corrected chi connectivity index (χ3v) is 5.64. The van der Waals surface area contributed by atoms with Gasteiger partial charge in [-0.3, -0.25) is 4.79 Å². The largest absolute Gasteiger partial charge is 0.489 e. The molecule has 0 aliphatic carbocycles. The highest BCUT2D eigenvalue weighted by Crippen LogP contribution is 2.23. The van der Waals surface area contributed by atoms with E-state index in [0.717, 1.165) is 24.0 Å². The Labute approximate surface area is 184 Å². The lowest BCUT2D eigenvalue weighted by molar-refractivity contribution is 0.0955. The zero-order chi connectivity index (χ0) is 20.6. The molecule has 0 radical (unpaired) electrons. The van der Waals surface area contributed by atoms with Crippen LogP contribution in [0.2, 0.25) is 10.0 Å². The first-order chi connectivity index (χ1) is 14.0. The lowest BCUT2D eigenvalue weighted by atomic mass is 10.2. The average molecular weight is 447 g/mol. The molecule has 0 atom stereocenters. The van der Waals surface area contributed by atoms with Crippen molar-refractivity contribution in [2.75, 3.05) is 0 Å². The number of rotatable bonds is 8. The number of carbonyl (C=O) groups is 1. The smallest absolute Gasteiger partial charge is 0.272 e. The Balaban J connectivity index is 1.56. The summed E-state index contributed by atoms with van der Waals surface area (Å²) in [7, 11) is 0. The van der Waals surface area contributed by atoms with Crippen molar-refractivity contribution in [1.29, 1.82) is 0 Å². The zero-order valence-corrected chi connectivity index (χ0v) is 18.2. The van der Waals surface area contributed by atoms with E-state index in [9.17, 15) is 4.79 Å². The molecule has 0 bridgehead atoms. The number of hydrogen-bond donors (Lipinski definition) is 1. The molecule has 29 heavy (non-hydrogen) atoms. The van der Waals surface area contributed by atoms with Gasteiger partial charge >= 0.3 is 0 Å². The van der Waals surface area contributed by atoms with E-state index in [-0.39, 0.29) is 5.91 Å². The molecule has 4 nitrogen and oxygen atoms in total. The number of benzene rings is 2. The summed E-state index contributed by atoms with van der Waals surface area (Å²) >= 11 is 13.7. The SMILES string of the molecule is CCCc1cc(C(=O)NN=Cc2cccc(OCc3ccc(Cl)cc3Cl)c2)cs1. The fourth-order valence-electron chi connectivity index (χ4n) is 2.59. The fourth-order valence-corrected chi connectivity index (χ4v) is 4.03. The summed E-state index contributed by atoms with van der Waals surface area (Å²) in [6.07, 6.45) is 3.62. The van der Waals surface area contributed by atoms with E-state index in [2.05, 4.69) is 17.5 Å². The Kier molecular flexibility index (Phi) is 7.69. The second kappa shape index (κ2) is 10.4. The topological polar surface area (TPSA) is 50.7 Å². The number of hydrazone groups is 1. The van der Waals surface area contributed by atoms with Gasteiger partial charge in [0.25, 0.3) is 5.91 Å². The van der Waals surface area contributed by atoms with Crippen molar-refractivity contribution < 1.29 is 9.53 Å². The van der Waals surface area contributed by atoms with Crippen LogP contribution < -0.4 is 10.2 Å². The Hall–Kier alpha value is -2.34. The van der Waals surface area contributed by atoms with Crippen molar-refractivity contribution in [3.63, 3.8) is 0 Å². The molecule has 0 aliphatic rings. The number of carbonyl (C=O) groups excluding carboxylic acids is 1. The van der Waals surface area contributed by atoms with Crippen LogP contribution in [0, 0.1) is 0 Å². The average Bonchev–Trinajstić information content (AvgIpc) is 3.17. The van der Waals surface area contributed by atoms with E-state index >= 15 is 0 Å². The molecule has 0 spiro atoms. The first-order valence-corrected chi connectivity index (χ1v) is 10.8. The Morgan fingerprint density at radius 3 is 2.86 bits per heavy atom. The van der Waals surface area contributed by atoms with Crippen molar-refractivity contribution in [3.8, 4) is 5.75 Å². The van der Waals surface area contributed by atoms with Gasteiger partial charge in [0, 0.05) is 25.9 Å². The molecule has 3 aromatic rings. The second-order valence-corrected chi connectivity index (χ2v) is 8.19. The molecule has 1 heterocycles. The van der Waals surface area contributed by atoms with Gasteiger partial charge in [-0.2, -0.15) is 5.10 Å². The predicted molar refractivity (Wildman–Crippen MR) is 121 cm³/mol. The summed E-state index contributed by atoms with van der Waals surface area (Å²) in [6.45, 7) is 2.44. The monoisotopic (exact) mass is 446 g/mol. The standard InChI is InChI=1S/C22H20Cl2N2O2S/c1-2-4-20-10-17(14-29-20)22(27)26-25-12-15-5-3-6-19(9-15)28-13-16-7-8-18(23)11-21(16)24/h3,5-12,14H,2,4,13H2,1H3,(H,26,27). The summed E-state index contributed by atoms with van der Waals surface area (Å²) in [5, 5.41) is 7.05. The first kappa shape index (κ1) is 21.4. The summed E-state index contributed by atoms with van der Waals surface area (Å²) in [4.78, 5) is 13.4. The van der Waals surface area contributed by atoms with E-state index < -0.39 is 0 Å². The summed E-state index contributed by atoms with van der Waals surface area (Å²) in [5.41, 5.74) is 4.85. The minimum Gasteiger partial charge on any atom is -0.489 e. The molecule has 0 aliphatic heterocycles. The van der Waals surface area contributed by atoms with Gasteiger partial charge in [0.15, 0.2) is 0 Å². The van der Waals surface area contributed by atoms with Crippen LogP contribution in [0.4, 0.5) is 0 Å². The van der Waals surface area contributed by atoms with Gasteiger partial charge in [-0.05, 0) is 42.3 Å². The van der Waals surface area contributed by atoms with Crippen LogP contribution in [0.25, 0.3) is 0 Å². The third-order valence-electron chi connectivity index (χ3n) is 4.06. The molecular formula is C22H20Cl2N2O2S. The van der Waals surface area contributed by atoms with Gasteiger partial charge in [0.2, 0.25) is 0 Å². The van der Waals surface area contributed by atoms with E-state index in [0.29, 0.717) is 28.0 Å². The van der Waals surface area contributed by atoms with Crippen LogP contribution >= 0.6 is 34.5 Å². The van der Waals surface area contributed by atoms with E-state index in [1.54, 1.807) is 29.7 Å².